The Balaban J connectivity index is 1.60. The monoisotopic (exact) mass is 452 g/mol. The second-order valence-electron chi connectivity index (χ2n) is 6.25. The van der Waals surface area contributed by atoms with Gasteiger partial charge in [0.1, 0.15) is 16.4 Å². The lowest BCUT2D eigenvalue weighted by Gasteiger charge is -2.03. The smallest absolute Gasteiger partial charge is 0.292 e. The molecule has 0 radical (unpaired) electrons. The summed E-state index contributed by atoms with van der Waals surface area (Å²) in [6, 6.07) is 18.0. The number of carbonyl (C=O) groups is 1. The average molecular weight is 453 g/mol. The summed E-state index contributed by atoms with van der Waals surface area (Å²) < 4.78 is 10.5. The minimum atomic E-state index is -0.368. The van der Waals surface area contributed by atoms with Crippen LogP contribution in [-0.4, -0.2) is 24.2 Å². The first kappa shape index (κ1) is 20.6. The number of ether oxygens (including phenoxy) is 1. The molecule has 0 unspecified atom stereocenters. The van der Waals surface area contributed by atoms with Gasteiger partial charge in [0.2, 0.25) is 5.13 Å². The normalized spacial score (nSPS) is 10.9. The van der Waals surface area contributed by atoms with Gasteiger partial charge in [-0.15, -0.1) is 0 Å². The van der Waals surface area contributed by atoms with Gasteiger partial charge in [0, 0.05) is 16.1 Å². The number of nitrogens with one attached hydrogen (secondary N) is 2. The number of anilines is 2. The van der Waals surface area contributed by atoms with E-state index in [1.807, 2.05) is 36.4 Å². The number of rotatable bonds is 7. The zero-order valence-electron chi connectivity index (χ0n) is 16.3. The van der Waals surface area contributed by atoms with Crippen LogP contribution in [0.4, 0.5) is 10.1 Å². The zero-order valence-corrected chi connectivity index (χ0v) is 17.9. The van der Waals surface area contributed by atoms with Crippen molar-refractivity contribution in [2.24, 2.45) is 5.10 Å². The topological polar surface area (TPSA) is 88.8 Å². The quantitative estimate of drug-likeness (QED) is 0.275. The van der Waals surface area contributed by atoms with Gasteiger partial charge in [-0.25, -0.2) is 4.98 Å². The summed E-state index contributed by atoms with van der Waals surface area (Å²) in [5.74, 6) is 0.549. The summed E-state index contributed by atoms with van der Waals surface area (Å²) in [7, 11) is 1.60. The third-order valence-electron chi connectivity index (χ3n) is 4.22. The minimum absolute atomic E-state index is 0.208. The molecule has 0 aliphatic rings. The molecule has 0 saturated heterocycles. The van der Waals surface area contributed by atoms with Crippen molar-refractivity contribution in [2.75, 3.05) is 17.9 Å². The van der Waals surface area contributed by atoms with E-state index in [2.05, 4.69) is 20.8 Å². The highest BCUT2D eigenvalue weighted by Gasteiger charge is 2.17. The van der Waals surface area contributed by atoms with Crippen molar-refractivity contribution in [3.63, 3.8) is 0 Å². The fourth-order valence-electron chi connectivity index (χ4n) is 2.76. The molecule has 0 atom stereocenters. The third kappa shape index (κ3) is 4.93. The van der Waals surface area contributed by atoms with Gasteiger partial charge in [-0.05, 0) is 36.4 Å². The second-order valence-corrected chi connectivity index (χ2v) is 7.68. The minimum Gasteiger partial charge on any atom is -0.496 e. The van der Waals surface area contributed by atoms with E-state index in [0.717, 1.165) is 11.1 Å². The zero-order chi connectivity index (χ0) is 21.6. The van der Waals surface area contributed by atoms with E-state index in [-0.39, 0.29) is 11.7 Å². The highest BCUT2D eigenvalue weighted by atomic mass is 35.5. The molecule has 0 saturated carbocycles. The Morgan fingerprint density at radius 3 is 2.71 bits per heavy atom. The lowest BCUT2D eigenvalue weighted by atomic mass is 10.1. The number of nitrogens with zero attached hydrogens (tertiary/aromatic N) is 2. The molecule has 156 valence electrons. The lowest BCUT2D eigenvalue weighted by Crippen LogP contribution is -2.10. The fourth-order valence-corrected chi connectivity index (χ4v) is 3.72. The number of furan rings is 1. The number of halogens is 1. The molecular formula is C22H17ClN4O3S. The maximum Gasteiger partial charge on any atom is 0.292 e. The van der Waals surface area contributed by atoms with Crippen LogP contribution in [0.15, 0.2) is 76.4 Å². The molecule has 4 aromatic rings. The number of benzene rings is 2. The Morgan fingerprint density at radius 1 is 1.16 bits per heavy atom. The number of hydrazone groups is 1. The number of aromatic nitrogens is 1. The third-order valence-corrected chi connectivity index (χ3v) is 5.35. The van der Waals surface area contributed by atoms with Crippen LogP contribution in [0.2, 0.25) is 5.02 Å². The number of thiazole rings is 1. The number of para-hydroxylation sites is 1. The predicted molar refractivity (Wildman–Crippen MR) is 123 cm³/mol. The second kappa shape index (κ2) is 9.46. The molecule has 2 aromatic carbocycles. The average Bonchev–Trinajstić information content (AvgIpc) is 3.45. The predicted octanol–water partition coefficient (Wildman–Crippen LogP) is 5.76. The molecule has 0 fully saturated rings. The maximum absolute atomic E-state index is 12.5. The Kier molecular flexibility index (Phi) is 6.30. The van der Waals surface area contributed by atoms with Crippen LogP contribution in [0.5, 0.6) is 5.75 Å². The van der Waals surface area contributed by atoms with Crippen LogP contribution in [0.25, 0.3) is 11.3 Å². The van der Waals surface area contributed by atoms with Crippen molar-refractivity contribution >= 4 is 45.2 Å². The number of methoxy groups -OCH3 is 1. The Bertz CT molecular complexity index is 1200. The number of amides is 1. The largest absolute Gasteiger partial charge is 0.496 e. The highest BCUT2D eigenvalue weighted by Crippen LogP contribution is 2.36. The van der Waals surface area contributed by atoms with Crippen molar-refractivity contribution in [1.82, 2.24) is 4.98 Å². The molecule has 0 bridgehead atoms. The van der Waals surface area contributed by atoms with Crippen LogP contribution >= 0.6 is 22.9 Å². The molecule has 2 aromatic heterocycles. The van der Waals surface area contributed by atoms with Crippen LogP contribution in [0.3, 0.4) is 0 Å². The molecule has 0 aliphatic heterocycles. The summed E-state index contributed by atoms with van der Waals surface area (Å²) in [5.41, 5.74) is 5.13. The van der Waals surface area contributed by atoms with Crippen LogP contribution in [0.1, 0.15) is 16.1 Å². The van der Waals surface area contributed by atoms with Crippen molar-refractivity contribution in [2.45, 2.75) is 0 Å². The maximum atomic E-state index is 12.5. The first-order valence-electron chi connectivity index (χ1n) is 9.18. The van der Waals surface area contributed by atoms with E-state index < -0.39 is 0 Å². The SMILES string of the molecule is COc1ccccc1C=NNc1nc(-c2ccc(Cl)cc2)c(NC(=O)c2ccco2)s1. The summed E-state index contributed by atoms with van der Waals surface area (Å²) in [5, 5.41) is 8.77. The molecule has 9 heteroatoms. The van der Waals surface area contributed by atoms with E-state index in [9.17, 15) is 4.79 Å². The molecular weight excluding hydrogens is 436 g/mol. The molecule has 7 nitrogen and oxygen atoms in total. The number of carbonyl (C=O) groups excluding carboxylic acids is 1. The molecule has 0 aliphatic carbocycles. The molecule has 2 N–H and O–H groups in total. The van der Waals surface area contributed by atoms with E-state index in [1.54, 1.807) is 37.6 Å². The van der Waals surface area contributed by atoms with Gasteiger partial charge in [-0.3, -0.25) is 10.2 Å². The van der Waals surface area contributed by atoms with Crippen LogP contribution in [-0.2, 0) is 0 Å². The van der Waals surface area contributed by atoms with Crippen LogP contribution in [0, 0.1) is 0 Å². The summed E-state index contributed by atoms with van der Waals surface area (Å²) in [4.78, 5) is 17.1. The van der Waals surface area contributed by atoms with Crippen molar-refractivity contribution in [3.05, 3.63) is 83.3 Å². The van der Waals surface area contributed by atoms with E-state index in [1.165, 1.54) is 17.6 Å². The first-order chi connectivity index (χ1) is 15.1. The first-order valence-corrected chi connectivity index (χ1v) is 10.4. The van der Waals surface area contributed by atoms with E-state index in [0.29, 0.717) is 26.6 Å². The van der Waals surface area contributed by atoms with Gasteiger partial charge in [0.25, 0.3) is 5.91 Å². The summed E-state index contributed by atoms with van der Waals surface area (Å²) in [6.07, 6.45) is 3.09. The summed E-state index contributed by atoms with van der Waals surface area (Å²) in [6.45, 7) is 0. The highest BCUT2D eigenvalue weighted by molar-refractivity contribution is 7.20. The van der Waals surface area contributed by atoms with Gasteiger partial charge in [-0.1, -0.05) is 47.2 Å². The lowest BCUT2D eigenvalue weighted by molar-refractivity contribution is 0.0997. The Hall–Kier alpha value is -3.62. The van der Waals surface area contributed by atoms with Crippen molar-refractivity contribution < 1.29 is 13.9 Å². The molecule has 1 amide bonds. The van der Waals surface area contributed by atoms with Crippen molar-refractivity contribution in [3.8, 4) is 17.0 Å². The van der Waals surface area contributed by atoms with Gasteiger partial charge < -0.3 is 14.5 Å². The van der Waals surface area contributed by atoms with Gasteiger partial charge in [-0.2, -0.15) is 5.10 Å². The molecule has 31 heavy (non-hydrogen) atoms. The standard InChI is InChI=1S/C22H17ClN4O3S/c1-29-17-6-3-2-5-15(17)13-24-27-22-25-19(14-8-10-16(23)11-9-14)21(31-22)26-20(28)18-7-4-12-30-18/h2-13H,1H3,(H,25,27)(H,26,28). The van der Waals surface area contributed by atoms with Crippen molar-refractivity contribution in [1.29, 1.82) is 0 Å². The Labute approximate surface area is 187 Å². The molecule has 0 spiro atoms. The van der Waals surface area contributed by atoms with Crippen LogP contribution < -0.4 is 15.5 Å². The molecule has 4 rings (SSSR count). The van der Waals surface area contributed by atoms with E-state index in [4.69, 9.17) is 20.8 Å². The summed E-state index contributed by atoms with van der Waals surface area (Å²) >= 11 is 7.26. The van der Waals surface area contributed by atoms with Gasteiger partial charge in [0.05, 0.1) is 19.6 Å². The number of hydrogen-bond acceptors (Lipinski definition) is 7. The van der Waals surface area contributed by atoms with Gasteiger partial charge >= 0.3 is 0 Å². The number of hydrogen-bond donors (Lipinski definition) is 2. The Morgan fingerprint density at radius 2 is 1.97 bits per heavy atom. The van der Waals surface area contributed by atoms with E-state index >= 15 is 0 Å². The van der Waals surface area contributed by atoms with Gasteiger partial charge in [0.15, 0.2) is 5.76 Å². The molecule has 2 heterocycles. The fraction of sp³-hybridized carbons (Fsp3) is 0.0455.